The third kappa shape index (κ3) is 3.22. The van der Waals surface area contributed by atoms with Crippen LogP contribution in [-0.4, -0.2) is 19.8 Å². The van der Waals surface area contributed by atoms with Crippen LogP contribution in [0.2, 0.25) is 5.02 Å². The predicted molar refractivity (Wildman–Crippen MR) is 74.1 cm³/mol. The van der Waals surface area contributed by atoms with Gasteiger partial charge in [0.25, 0.3) is 0 Å². The highest BCUT2D eigenvalue weighted by Gasteiger charge is 2.20. The molecule has 1 fully saturated rings. The molecule has 0 radical (unpaired) electrons. The van der Waals surface area contributed by atoms with E-state index in [4.69, 9.17) is 16.3 Å². The van der Waals surface area contributed by atoms with Crippen molar-refractivity contribution in [2.24, 2.45) is 0 Å². The van der Waals surface area contributed by atoms with E-state index >= 15 is 0 Å². The summed E-state index contributed by atoms with van der Waals surface area (Å²) in [5.41, 5.74) is 1.18. The standard InChI is InChI=1S/C13H20ClNOS/c1-9-8-17-13(12(9)14)11(15-2)6-5-10-4-3-7-16-10/h8,10-11,15H,3-7H2,1-2H3. The van der Waals surface area contributed by atoms with Gasteiger partial charge in [0.05, 0.1) is 11.1 Å². The lowest BCUT2D eigenvalue weighted by atomic mass is 10.0. The van der Waals surface area contributed by atoms with Gasteiger partial charge in [-0.1, -0.05) is 11.6 Å². The first-order valence-corrected chi connectivity index (χ1v) is 7.50. The monoisotopic (exact) mass is 273 g/mol. The van der Waals surface area contributed by atoms with Crippen molar-refractivity contribution in [3.63, 3.8) is 0 Å². The molecule has 4 heteroatoms. The number of ether oxygens (including phenoxy) is 1. The summed E-state index contributed by atoms with van der Waals surface area (Å²) in [5.74, 6) is 0. The van der Waals surface area contributed by atoms with Gasteiger partial charge < -0.3 is 10.1 Å². The topological polar surface area (TPSA) is 21.3 Å². The van der Waals surface area contributed by atoms with Crippen LogP contribution >= 0.6 is 22.9 Å². The van der Waals surface area contributed by atoms with Crippen molar-refractivity contribution >= 4 is 22.9 Å². The fraction of sp³-hybridized carbons (Fsp3) is 0.692. The maximum Gasteiger partial charge on any atom is 0.0590 e. The van der Waals surface area contributed by atoms with Crippen LogP contribution in [0.4, 0.5) is 0 Å². The van der Waals surface area contributed by atoms with Gasteiger partial charge in [0, 0.05) is 17.5 Å². The van der Waals surface area contributed by atoms with Crippen LogP contribution in [0, 0.1) is 6.92 Å². The summed E-state index contributed by atoms with van der Waals surface area (Å²) < 4.78 is 5.66. The van der Waals surface area contributed by atoms with Gasteiger partial charge in [-0.3, -0.25) is 0 Å². The van der Waals surface area contributed by atoms with Crippen molar-refractivity contribution in [3.05, 3.63) is 20.8 Å². The maximum atomic E-state index is 6.32. The van der Waals surface area contributed by atoms with Crippen LogP contribution in [-0.2, 0) is 4.74 Å². The molecular weight excluding hydrogens is 254 g/mol. The summed E-state index contributed by atoms with van der Waals surface area (Å²) in [6, 6.07) is 0.366. The highest BCUT2D eigenvalue weighted by Crippen LogP contribution is 2.35. The molecule has 0 aliphatic carbocycles. The average molecular weight is 274 g/mol. The lowest BCUT2D eigenvalue weighted by Crippen LogP contribution is -2.18. The molecule has 96 valence electrons. The minimum absolute atomic E-state index is 0.366. The van der Waals surface area contributed by atoms with Gasteiger partial charge in [0.1, 0.15) is 0 Å². The van der Waals surface area contributed by atoms with E-state index in [1.165, 1.54) is 23.3 Å². The first kappa shape index (κ1) is 13.3. The largest absolute Gasteiger partial charge is 0.378 e. The molecule has 1 aromatic heterocycles. The van der Waals surface area contributed by atoms with E-state index in [1.54, 1.807) is 11.3 Å². The van der Waals surface area contributed by atoms with Crippen LogP contribution in [0.15, 0.2) is 5.38 Å². The Bertz CT molecular complexity index is 360. The Labute approximate surface area is 112 Å². The smallest absolute Gasteiger partial charge is 0.0590 e. The number of hydrogen-bond donors (Lipinski definition) is 1. The lowest BCUT2D eigenvalue weighted by Gasteiger charge is -2.17. The molecule has 0 saturated carbocycles. The first-order valence-electron chi connectivity index (χ1n) is 6.24. The van der Waals surface area contributed by atoms with E-state index in [2.05, 4.69) is 17.6 Å². The molecule has 0 aromatic carbocycles. The van der Waals surface area contributed by atoms with Crippen molar-refractivity contribution in [2.45, 2.75) is 44.8 Å². The average Bonchev–Trinajstić information content (AvgIpc) is 2.94. The summed E-state index contributed by atoms with van der Waals surface area (Å²) in [7, 11) is 2.01. The fourth-order valence-corrected chi connectivity index (χ4v) is 3.79. The molecule has 0 bridgehead atoms. The second kappa shape index (κ2) is 6.19. The number of hydrogen-bond acceptors (Lipinski definition) is 3. The van der Waals surface area contributed by atoms with Gasteiger partial charge in [-0.05, 0) is 50.6 Å². The molecule has 1 aromatic rings. The van der Waals surface area contributed by atoms with Crippen LogP contribution in [0.5, 0.6) is 0 Å². The van der Waals surface area contributed by atoms with Crippen molar-refractivity contribution in [1.82, 2.24) is 5.32 Å². The van der Waals surface area contributed by atoms with Crippen molar-refractivity contribution in [2.75, 3.05) is 13.7 Å². The Balaban J connectivity index is 1.94. The van der Waals surface area contributed by atoms with Gasteiger partial charge >= 0.3 is 0 Å². The van der Waals surface area contributed by atoms with Gasteiger partial charge in [-0.25, -0.2) is 0 Å². The molecular formula is C13H20ClNOS. The van der Waals surface area contributed by atoms with Gasteiger partial charge in [0.2, 0.25) is 0 Å². The first-order chi connectivity index (χ1) is 8.22. The molecule has 2 rings (SSSR count). The number of aryl methyl sites for hydroxylation is 1. The number of halogens is 1. The molecule has 1 aliphatic heterocycles. The zero-order valence-electron chi connectivity index (χ0n) is 10.5. The van der Waals surface area contributed by atoms with E-state index in [0.29, 0.717) is 12.1 Å². The third-order valence-electron chi connectivity index (χ3n) is 3.39. The predicted octanol–water partition coefficient (Wildman–Crippen LogP) is 3.93. The van der Waals surface area contributed by atoms with Crippen molar-refractivity contribution in [3.8, 4) is 0 Å². The molecule has 0 spiro atoms. The number of rotatable bonds is 5. The molecule has 2 unspecified atom stereocenters. The lowest BCUT2D eigenvalue weighted by molar-refractivity contribution is 0.0999. The molecule has 2 nitrogen and oxygen atoms in total. The Morgan fingerprint density at radius 3 is 3.00 bits per heavy atom. The van der Waals surface area contributed by atoms with E-state index in [9.17, 15) is 0 Å². The minimum atomic E-state index is 0.366. The fourth-order valence-electron chi connectivity index (χ4n) is 2.32. The Hall–Kier alpha value is -0.0900. The van der Waals surface area contributed by atoms with E-state index in [1.807, 2.05) is 7.05 Å². The maximum absolute atomic E-state index is 6.32. The third-order valence-corrected chi connectivity index (χ3v) is 5.22. The zero-order valence-corrected chi connectivity index (χ0v) is 12.0. The second-order valence-corrected chi connectivity index (χ2v) is 5.94. The molecule has 1 aliphatic rings. The quantitative estimate of drug-likeness (QED) is 0.878. The van der Waals surface area contributed by atoms with E-state index < -0.39 is 0 Å². The summed E-state index contributed by atoms with van der Waals surface area (Å²) in [5, 5.41) is 6.43. The summed E-state index contributed by atoms with van der Waals surface area (Å²) >= 11 is 8.07. The van der Waals surface area contributed by atoms with E-state index in [-0.39, 0.29) is 0 Å². The Morgan fingerprint density at radius 2 is 2.47 bits per heavy atom. The van der Waals surface area contributed by atoms with Crippen molar-refractivity contribution < 1.29 is 4.74 Å². The molecule has 17 heavy (non-hydrogen) atoms. The van der Waals surface area contributed by atoms with Gasteiger partial charge in [0.15, 0.2) is 0 Å². The number of nitrogens with one attached hydrogen (secondary N) is 1. The highest BCUT2D eigenvalue weighted by molar-refractivity contribution is 7.10. The molecule has 1 N–H and O–H groups in total. The van der Waals surface area contributed by atoms with Gasteiger partial charge in [-0.2, -0.15) is 0 Å². The molecule has 0 amide bonds. The van der Waals surface area contributed by atoms with Crippen LogP contribution in [0.25, 0.3) is 0 Å². The van der Waals surface area contributed by atoms with Crippen LogP contribution < -0.4 is 5.32 Å². The van der Waals surface area contributed by atoms with Crippen molar-refractivity contribution in [1.29, 1.82) is 0 Å². The van der Waals surface area contributed by atoms with Crippen LogP contribution in [0.1, 0.15) is 42.2 Å². The summed E-state index contributed by atoms with van der Waals surface area (Å²) in [6.45, 7) is 3.00. The molecule has 1 saturated heterocycles. The summed E-state index contributed by atoms with van der Waals surface area (Å²) in [6.07, 6.45) is 5.12. The Kier molecular flexibility index (Phi) is 4.86. The second-order valence-electron chi connectivity index (χ2n) is 4.65. The van der Waals surface area contributed by atoms with E-state index in [0.717, 1.165) is 24.5 Å². The van der Waals surface area contributed by atoms with Gasteiger partial charge in [-0.15, -0.1) is 11.3 Å². The summed E-state index contributed by atoms with van der Waals surface area (Å²) in [4.78, 5) is 1.27. The zero-order chi connectivity index (χ0) is 12.3. The SMILES string of the molecule is CNC(CCC1CCCO1)c1scc(C)c1Cl. The molecule has 2 atom stereocenters. The highest BCUT2D eigenvalue weighted by atomic mass is 35.5. The van der Waals surface area contributed by atoms with Crippen LogP contribution in [0.3, 0.4) is 0 Å². The Morgan fingerprint density at radius 1 is 1.65 bits per heavy atom. The normalized spacial score (nSPS) is 21.9. The number of thiophene rings is 1. The molecule has 2 heterocycles. The minimum Gasteiger partial charge on any atom is -0.378 e.